The lowest BCUT2D eigenvalue weighted by atomic mass is 10.1. The third kappa shape index (κ3) is 5.45. The molecule has 0 aliphatic rings. The molecular weight excluding hydrogens is 426 g/mol. The summed E-state index contributed by atoms with van der Waals surface area (Å²) in [6, 6.07) is 10.3. The Morgan fingerprint density at radius 3 is 2.13 bits per heavy atom. The fourth-order valence-corrected chi connectivity index (χ4v) is 5.14. The van der Waals surface area contributed by atoms with Crippen LogP contribution in [0.5, 0.6) is 0 Å². The smallest absolute Gasteiger partial charge is 0.256 e. The molecule has 164 valence electrons. The number of carbonyl (C=O) groups excluding carboxylic acids is 1. The van der Waals surface area contributed by atoms with Crippen molar-refractivity contribution in [3.63, 3.8) is 0 Å². The number of nitrogens with one attached hydrogen (secondary N) is 2. The van der Waals surface area contributed by atoms with E-state index in [1.807, 2.05) is 0 Å². The number of para-hydroxylation sites is 1. The van der Waals surface area contributed by atoms with Crippen molar-refractivity contribution in [1.82, 2.24) is 9.03 Å². The second kappa shape index (κ2) is 8.46. The molecule has 30 heavy (non-hydrogen) atoms. The first-order valence-electron chi connectivity index (χ1n) is 9.13. The van der Waals surface area contributed by atoms with Gasteiger partial charge in [0.15, 0.2) is 0 Å². The SMILES string of the molecule is Cc1ccc(S(=O)(=O)NC(C)(C)C)cc1C(=O)Nc1ccccc1S(=O)(=O)N(C)C. The Hall–Kier alpha value is -2.27. The number of rotatable bonds is 6. The zero-order valence-corrected chi connectivity index (χ0v) is 19.5. The average molecular weight is 454 g/mol. The summed E-state index contributed by atoms with van der Waals surface area (Å²) in [6.07, 6.45) is 0. The minimum Gasteiger partial charge on any atom is -0.321 e. The molecule has 0 bridgehead atoms. The van der Waals surface area contributed by atoms with Gasteiger partial charge >= 0.3 is 0 Å². The molecule has 1 amide bonds. The van der Waals surface area contributed by atoms with E-state index in [1.54, 1.807) is 39.8 Å². The molecule has 0 aromatic heterocycles. The molecule has 0 atom stereocenters. The van der Waals surface area contributed by atoms with Gasteiger partial charge in [0, 0.05) is 25.2 Å². The first kappa shape index (κ1) is 24.0. The van der Waals surface area contributed by atoms with Gasteiger partial charge in [-0.2, -0.15) is 0 Å². The summed E-state index contributed by atoms with van der Waals surface area (Å²) in [7, 11) is -4.83. The van der Waals surface area contributed by atoms with Gasteiger partial charge in [-0.25, -0.2) is 25.9 Å². The molecular formula is C20H27N3O5S2. The molecule has 0 radical (unpaired) electrons. The molecule has 0 fully saturated rings. The fraction of sp³-hybridized carbons (Fsp3) is 0.350. The Labute approximate surface area is 178 Å². The van der Waals surface area contributed by atoms with Gasteiger partial charge < -0.3 is 5.32 Å². The molecule has 0 aliphatic carbocycles. The second-order valence-electron chi connectivity index (χ2n) is 8.07. The van der Waals surface area contributed by atoms with Crippen molar-refractivity contribution < 1.29 is 21.6 Å². The lowest BCUT2D eigenvalue weighted by molar-refractivity contribution is 0.102. The van der Waals surface area contributed by atoms with Gasteiger partial charge in [-0.05, 0) is 57.5 Å². The fourth-order valence-electron chi connectivity index (χ4n) is 2.66. The van der Waals surface area contributed by atoms with Crippen LogP contribution in [0, 0.1) is 6.92 Å². The largest absolute Gasteiger partial charge is 0.321 e. The van der Waals surface area contributed by atoms with Gasteiger partial charge in [-0.3, -0.25) is 4.79 Å². The predicted molar refractivity (Wildman–Crippen MR) is 117 cm³/mol. The van der Waals surface area contributed by atoms with E-state index < -0.39 is 31.5 Å². The Bertz CT molecular complexity index is 1170. The van der Waals surface area contributed by atoms with E-state index in [2.05, 4.69) is 10.0 Å². The van der Waals surface area contributed by atoms with Gasteiger partial charge in [0.1, 0.15) is 4.90 Å². The van der Waals surface area contributed by atoms with E-state index >= 15 is 0 Å². The first-order chi connectivity index (χ1) is 13.6. The summed E-state index contributed by atoms with van der Waals surface area (Å²) in [5.74, 6) is -0.610. The maximum atomic E-state index is 12.9. The van der Waals surface area contributed by atoms with Crippen LogP contribution in [0.2, 0.25) is 0 Å². The number of carbonyl (C=O) groups is 1. The van der Waals surface area contributed by atoms with Crippen molar-refractivity contribution in [2.24, 2.45) is 0 Å². The molecule has 2 aromatic rings. The van der Waals surface area contributed by atoms with Crippen LogP contribution in [0.3, 0.4) is 0 Å². The molecule has 0 unspecified atom stereocenters. The number of anilines is 1. The zero-order chi connectivity index (χ0) is 22.9. The van der Waals surface area contributed by atoms with Crippen LogP contribution in [-0.4, -0.2) is 46.7 Å². The Kier molecular flexibility index (Phi) is 6.77. The van der Waals surface area contributed by atoms with E-state index in [9.17, 15) is 21.6 Å². The van der Waals surface area contributed by atoms with Crippen LogP contribution in [0.15, 0.2) is 52.3 Å². The molecule has 10 heteroatoms. The van der Waals surface area contributed by atoms with Crippen LogP contribution in [0.1, 0.15) is 36.7 Å². The van der Waals surface area contributed by atoms with Crippen LogP contribution in [-0.2, 0) is 20.0 Å². The summed E-state index contributed by atoms with van der Waals surface area (Å²) >= 11 is 0. The number of hydrogen-bond acceptors (Lipinski definition) is 5. The minimum absolute atomic E-state index is 0.0534. The molecule has 0 saturated carbocycles. The summed E-state index contributed by atoms with van der Waals surface area (Å²) < 4.78 is 53.9. The number of nitrogens with zero attached hydrogens (tertiary/aromatic N) is 1. The quantitative estimate of drug-likeness (QED) is 0.698. The lowest BCUT2D eigenvalue weighted by Gasteiger charge is -2.21. The number of benzene rings is 2. The zero-order valence-electron chi connectivity index (χ0n) is 17.8. The highest BCUT2D eigenvalue weighted by Crippen LogP contribution is 2.25. The third-order valence-electron chi connectivity index (χ3n) is 4.10. The maximum absolute atomic E-state index is 12.9. The maximum Gasteiger partial charge on any atom is 0.256 e. The Morgan fingerprint density at radius 2 is 1.57 bits per heavy atom. The monoisotopic (exact) mass is 453 g/mol. The van der Waals surface area contributed by atoms with Crippen molar-refractivity contribution in [3.8, 4) is 0 Å². The molecule has 0 aliphatic heterocycles. The van der Waals surface area contributed by atoms with Crippen molar-refractivity contribution in [1.29, 1.82) is 0 Å². The van der Waals surface area contributed by atoms with E-state index in [4.69, 9.17) is 0 Å². The molecule has 2 N–H and O–H groups in total. The summed E-state index contributed by atoms with van der Waals surface area (Å²) in [6.45, 7) is 6.82. The number of sulfonamides is 2. The van der Waals surface area contributed by atoms with Crippen LogP contribution in [0.4, 0.5) is 5.69 Å². The Balaban J connectivity index is 2.45. The topological polar surface area (TPSA) is 113 Å². The molecule has 8 nitrogen and oxygen atoms in total. The first-order valence-corrected chi connectivity index (χ1v) is 12.0. The van der Waals surface area contributed by atoms with Crippen molar-refractivity contribution in [2.75, 3.05) is 19.4 Å². The highest BCUT2D eigenvalue weighted by Gasteiger charge is 2.25. The highest BCUT2D eigenvalue weighted by atomic mass is 32.2. The third-order valence-corrected chi connectivity index (χ3v) is 7.73. The molecule has 2 aromatic carbocycles. The van der Waals surface area contributed by atoms with E-state index in [-0.39, 0.29) is 21.0 Å². The number of hydrogen-bond donors (Lipinski definition) is 2. The van der Waals surface area contributed by atoms with Gasteiger partial charge in [0.2, 0.25) is 20.0 Å². The summed E-state index contributed by atoms with van der Waals surface area (Å²) in [5, 5.41) is 2.60. The number of aryl methyl sites for hydroxylation is 1. The average Bonchev–Trinajstić information content (AvgIpc) is 2.60. The number of amides is 1. The van der Waals surface area contributed by atoms with Crippen LogP contribution < -0.4 is 10.0 Å². The van der Waals surface area contributed by atoms with Crippen LogP contribution >= 0.6 is 0 Å². The van der Waals surface area contributed by atoms with E-state index in [1.165, 1.54) is 44.4 Å². The standard InChI is InChI=1S/C20H27N3O5S2/c1-14-11-12-15(29(25,26)22-20(2,3)4)13-16(14)19(24)21-17-9-7-8-10-18(17)30(27,28)23(5)6/h7-13,22H,1-6H3,(H,21,24). The Morgan fingerprint density at radius 1 is 0.967 bits per heavy atom. The van der Waals surface area contributed by atoms with Gasteiger partial charge in [0.05, 0.1) is 10.6 Å². The molecule has 0 heterocycles. The van der Waals surface area contributed by atoms with Gasteiger partial charge in [-0.15, -0.1) is 0 Å². The minimum atomic E-state index is -3.84. The predicted octanol–water partition coefficient (Wildman–Crippen LogP) is 2.57. The molecule has 0 saturated heterocycles. The lowest BCUT2D eigenvalue weighted by Crippen LogP contribution is -2.40. The van der Waals surface area contributed by atoms with E-state index in [0.717, 1.165) is 4.31 Å². The summed E-state index contributed by atoms with van der Waals surface area (Å²) in [4.78, 5) is 12.8. The van der Waals surface area contributed by atoms with Crippen molar-refractivity contribution in [2.45, 2.75) is 43.0 Å². The van der Waals surface area contributed by atoms with Gasteiger partial charge in [0.25, 0.3) is 5.91 Å². The van der Waals surface area contributed by atoms with Gasteiger partial charge in [-0.1, -0.05) is 18.2 Å². The molecule has 2 rings (SSSR count). The van der Waals surface area contributed by atoms with Crippen molar-refractivity contribution >= 4 is 31.6 Å². The summed E-state index contributed by atoms with van der Waals surface area (Å²) in [5.41, 5.74) is 0.0988. The molecule has 0 spiro atoms. The second-order valence-corrected chi connectivity index (χ2v) is 11.9. The van der Waals surface area contributed by atoms with Crippen LogP contribution in [0.25, 0.3) is 0 Å². The van der Waals surface area contributed by atoms with E-state index in [0.29, 0.717) is 5.56 Å². The normalized spacial score (nSPS) is 12.8. The highest BCUT2D eigenvalue weighted by molar-refractivity contribution is 7.89. The van der Waals surface area contributed by atoms with Crippen molar-refractivity contribution in [3.05, 3.63) is 53.6 Å².